The van der Waals surface area contributed by atoms with Gasteiger partial charge in [-0.2, -0.15) is 0 Å². The Morgan fingerprint density at radius 2 is 2.11 bits per heavy atom. The number of benzene rings is 1. The maximum atomic E-state index is 10.0. The minimum atomic E-state index is -0.411. The van der Waals surface area contributed by atoms with E-state index in [4.69, 9.17) is 4.74 Å². The lowest BCUT2D eigenvalue weighted by atomic mass is 10.0. The third-order valence-corrected chi connectivity index (χ3v) is 3.57. The van der Waals surface area contributed by atoms with Gasteiger partial charge < -0.3 is 9.84 Å². The van der Waals surface area contributed by atoms with E-state index in [0.717, 1.165) is 12.3 Å². The summed E-state index contributed by atoms with van der Waals surface area (Å²) in [6.07, 6.45) is 3.39. The van der Waals surface area contributed by atoms with Crippen LogP contribution < -0.4 is 4.74 Å². The van der Waals surface area contributed by atoms with Crippen LogP contribution in [0.5, 0.6) is 5.75 Å². The van der Waals surface area contributed by atoms with E-state index in [-0.39, 0.29) is 0 Å². The Kier molecular flexibility index (Phi) is 5.02. The average Bonchev–Trinajstić information content (AvgIpc) is 2.40. The molecule has 0 radical (unpaired) electrons. The number of aliphatic hydroxyl groups excluding tert-OH is 1. The minimum absolute atomic E-state index is 0.368. The number of piperidine rings is 1. The molecule has 2 rings (SSSR count). The highest BCUT2D eigenvalue weighted by atomic mass is 16.5. The largest absolute Gasteiger partial charge is 0.491 e. The summed E-state index contributed by atoms with van der Waals surface area (Å²) in [5, 5.41) is 10.0. The molecule has 0 aliphatic carbocycles. The molecule has 100 valence electrons. The summed E-state index contributed by atoms with van der Waals surface area (Å²) < 4.78 is 5.57. The summed E-state index contributed by atoms with van der Waals surface area (Å²) in [5.74, 6) is 0.822. The second-order valence-electron chi connectivity index (χ2n) is 5.12. The van der Waals surface area contributed by atoms with Crippen LogP contribution in [0.2, 0.25) is 0 Å². The maximum absolute atomic E-state index is 10.0. The first kappa shape index (κ1) is 13.4. The van der Waals surface area contributed by atoms with Crippen LogP contribution in [0.25, 0.3) is 0 Å². The Balaban J connectivity index is 1.73. The molecule has 1 aliphatic rings. The molecule has 0 saturated carbocycles. The monoisotopic (exact) mass is 249 g/mol. The van der Waals surface area contributed by atoms with Gasteiger partial charge in [0.1, 0.15) is 18.5 Å². The lowest BCUT2D eigenvalue weighted by molar-refractivity contribution is 0.0438. The Morgan fingerprint density at radius 1 is 1.33 bits per heavy atom. The predicted octanol–water partition coefficient (Wildman–Crippen LogP) is 2.30. The van der Waals surface area contributed by atoms with Crippen molar-refractivity contribution in [1.82, 2.24) is 4.90 Å². The summed E-state index contributed by atoms with van der Waals surface area (Å²) >= 11 is 0. The molecule has 1 aromatic rings. The molecule has 1 N–H and O–H groups in total. The van der Waals surface area contributed by atoms with Gasteiger partial charge in [-0.3, -0.25) is 4.90 Å². The highest BCUT2D eigenvalue weighted by Gasteiger charge is 2.20. The highest BCUT2D eigenvalue weighted by molar-refractivity contribution is 5.20. The Labute approximate surface area is 109 Å². The van der Waals surface area contributed by atoms with E-state index in [1.807, 2.05) is 30.3 Å². The van der Waals surface area contributed by atoms with E-state index in [1.165, 1.54) is 19.3 Å². The Hall–Kier alpha value is -1.06. The molecule has 0 spiro atoms. The quantitative estimate of drug-likeness (QED) is 0.869. The molecule has 0 aromatic heterocycles. The van der Waals surface area contributed by atoms with Crippen LogP contribution in [0.3, 0.4) is 0 Å². The zero-order valence-corrected chi connectivity index (χ0v) is 11.1. The van der Waals surface area contributed by atoms with Gasteiger partial charge in [0.25, 0.3) is 0 Å². The lowest BCUT2D eigenvalue weighted by Gasteiger charge is -2.34. The normalized spacial score (nSPS) is 22.7. The summed E-state index contributed by atoms with van der Waals surface area (Å²) in [6, 6.07) is 10.2. The van der Waals surface area contributed by atoms with Gasteiger partial charge in [0.15, 0.2) is 0 Å². The van der Waals surface area contributed by atoms with Crippen molar-refractivity contribution in [3.63, 3.8) is 0 Å². The molecule has 0 bridgehead atoms. The molecule has 1 heterocycles. The smallest absolute Gasteiger partial charge is 0.119 e. The van der Waals surface area contributed by atoms with E-state index in [1.54, 1.807) is 0 Å². The molecule has 1 saturated heterocycles. The fourth-order valence-corrected chi connectivity index (χ4v) is 2.46. The fraction of sp³-hybridized carbons (Fsp3) is 0.600. The molecule has 1 aliphatic heterocycles. The van der Waals surface area contributed by atoms with Crippen molar-refractivity contribution in [3.05, 3.63) is 30.3 Å². The number of aliphatic hydroxyl groups is 1. The maximum Gasteiger partial charge on any atom is 0.119 e. The van der Waals surface area contributed by atoms with Crippen molar-refractivity contribution < 1.29 is 9.84 Å². The molecule has 2 unspecified atom stereocenters. The van der Waals surface area contributed by atoms with E-state index in [2.05, 4.69) is 11.8 Å². The predicted molar refractivity (Wildman–Crippen MR) is 72.8 cm³/mol. The molecule has 1 aromatic carbocycles. The molecule has 0 amide bonds. The molecular formula is C15H23NO2. The zero-order chi connectivity index (χ0) is 12.8. The highest BCUT2D eigenvalue weighted by Crippen LogP contribution is 2.16. The van der Waals surface area contributed by atoms with E-state index < -0.39 is 6.10 Å². The van der Waals surface area contributed by atoms with E-state index >= 15 is 0 Å². The molecule has 3 nitrogen and oxygen atoms in total. The molecule has 2 atom stereocenters. The first-order valence-corrected chi connectivity index (χ1v) is 6.85. The van der Waals surface area contributed by atoms with Crippen molar-refractivity contribution >= 4 is 0 Å². The topological polar surface area (TPSA) is 32.7 Å². The van der Waals surface area contributed by atoms with Crippen LogP contribution in [0, 0.1) is 0 Å². The van der Waals surface area contributed by atoms with Crippen LogP contribution in [-0.4, -0.2) is 41.8 Å². The molecule has 18 heavy (non-hydrogen) atoms. The number of β-amino-alcohol motifs (C(OH)–C–C–N with tert-alkyl or cyclic N) is 1. The number of nitrogens with zero attached hydrogens (tertiary/aromatic N) is 1. The van der Waals surface area contributed by atoms with Crippen LogP contribution in [0.15, 0.2) is 30.3 Å². The first-order valence-electron chi connectivity index (χ1n) is 6.85. The third kappa shape index (κ3) is 4.00. The van der Waals surface area contributed by atoms with Gasteiger partial charge in [0, 0.05) is 12.6 Å². The van der Waals surface area contributed by atoms with Crippen molar-refractivity contribution in [3.8, 4) is 5.75 Å². The van der Waals surface area contributed by atoms with Gasteiger partial charge in [0.05, 0.1) is 0 Å². The molecular weight excluding hydrogens is 226 g/mol. The van der Waals surface area contributed by atoms with Crippen molar-refractivity contribution in [2.24, 2.45) is 0 Å². The number of likely N-dealkylation sites (tertiary alicyclic amines) is 1. The number of hydrogen-bond donors (Lipinski definition) is 1. The summed E-state index contributed by atoms with van der Waals surface area (Å²) in [7, 11) is 0. The first-order chi connectivity index (χ1) is 8.75. The van der Waals surface area contributed by atoms with Crippen molar-refractivity contribution in [2.45, 2.75) is 38.3 Å². The summed E-state index contributed by atoms with van der Waals surface area (Å²) in [6.45, 7) is 4.43. The van der Waals surface area contributed by atoms with Gasteiger partial charge in [-0.05, 0) is 38.4 Å². The van der Waals surface area contributed by atoms with Gasteiger partial charge in [-0.15, -0.1) is 0 Å². The molecule has 1 fully saturated rings. The van der Waals surface area contributed by atoms with Gasteiger partial charge in [-0.25, -0.2) is 0 Å². The third-order valence-electron chi connectivity index (χ3n) is 3.57. The van der Waals surface area contributed by atoms with Crippen molar-refractivity contribution in [1.29, 1.82) is 0 Å². The van der Waals surface area contributed by atoms with Gasteiger partial charge >= 0.3 is 0 Å². The van der Waals surface area contributed by atoms with E-state index in [9.17, 15) is 5.11 Å². The number of hydrogen-bond acceptors (Lipinski definition) is 3. The zero-order valence-electron chi connectivity index (χ0n) is 11.1. The Bertz CT molecular complexity index is 342. The fourth-order valence-electron chi connectivity index (χ4n) is 2.46. The van der Waals surface area contributed by atoms with Crippen LogP contribution in [-0.2, 0) is 0 Å². The van der Waals surface area contributed by atoms with E-state index in [0.29, 0.717) is 19.2 Å². The van der Waals surface area contributed by atoms with Crippen LogP contribution >= 0.6 is 0 Å². The van der Waals surface area contributed by atoms with Crippen molar-refractivity contribution in [2.75, 3.05) is 19.7 Å². The number of para-hydroxylation sites is 1. The Morgan fingerprint density at radius 3 is 2.83 bits per heavy atom. The lowest BCUT2D eigenvalue weighted by Crippen LogP contribution is -2.43. The second-order valence-corrected chi connectivity index (χ2v) is 5.12. The summed E-state index contributed by atoms with van der Waals surface area (Å²) in [4.78, 5) is 2.36. The van der Waals surface area contributed by atoms with Crippen LogP contribution in [0.1, 0.15) is 26.2 Å². The van der Waals surface area contributed by atoms with Gasteiger partial charge in [0.2, 0.25) is 0 Å². The second kappa shape index (κ2) is 6.76. The summed E-state index contributed by atoms with van der Waals surface area (Å²) in [5.41, 5.74) is 0. The average molecular weight is 249 g/mol. The SMILES string of the molecule is CC1CCCCN1CC(O)COc1ccccc1. The minimum Gasteiger partial charge on any atom is -0.491 e. The number of ether oxygens (including phenoxy) is 1. The number of rotatable bonds is 5. The molecule has 3 heteroatoms. The van der Waals surface area contributed by atoms with Crippen LogP contribution in [0.4, 0.5) is 0 Å². The van der Waals surface area contributed by atoms with Gasteiger partial charge in [-0.1, -0.05) is 24.6 Å². The standard InChI is InChI=1S/C15H23NO2/c1-13-7-5-6-10-16(13)11-14(17)12-18-15-8-3-2-4-9-15/h2-4,8-9,13-14,17H,5-7,10-12H2,1H3.